The predicted octanol–water partition coefficient (Wildman–Crippen LogP) is 5.50. The molecule has 0 aromatic heterocycles. The molecule has 3 N–H and O–H groups in total. The number of carboxylic acids is 2. The number of amides is 1. The van der Waals surface area contributed by atoms with E-state index in [0.29, 0.717) is 22.7 Å². The van der Waals surface area contributed by atoms with Crippen LogP contribution in [0.2, 0.25) is 0 Å². The summed E-state index contributed by atoms with van der Waals surface area (Å²) in [5.74, 6) is 1.64. The van der Waals surface area contributed by atoms with Gasteiger partial charge in [-0.15, -0.1) is 0 Å². The Labute approximate surface area is 204 Å². The monoisotopic (exact) mass is 475 g/mol. The van der Waals surface area contributed by atoms with Crippen LogP contribution in [-0.4, -0.2) is 34.1 Å². The van der Waals surface area contributed by atoms with Crippen molar-refractivity contribution in [2.75, 3.05) is 0 Å². The number of carbonyl (C=O) groups excluding carboxylic acids is 1. The summed E-state index contributed by atoms with van der Waals surface area (Å²) in [6.45, 7) is 7.42. The second-order valence-electron chi connectivity index (χ2n) is 12.7. The molecule has 6 nitrogen and oxygen atoms in total. The van der Waals surface area contributed by atoms with Gasteiger partial charge in [-0.25, -0.2) is 4.79 Å². The van der Waals surface area contributed by atoms with Gasteiger partial charge in [0.1, 0.15) is 6.04 Å². The molecule has 9 atom stereocenters. The first-order valence-electron chi connectivity index (χ1n) is 13.8. The van der Waals surface area contributed by atoms with Crippen molar-refractivity contribution in [3.8, 4) is 0 Å². The van der Waals surface area contributed by atoms with E-state index in [9.17, 15) is 19.5 Å². The number of hydrogen-bond donors (Lipinski definition) is 3. The quantitative estimate of drug-likeness (QED) is 0.430. The van der Waals surface area contributed by atoms with Crippen molar-refractivity contribution >= 4 is 17.8 Å². The molecular weight excluding hydrogens is 430 g/mol. The van der Waals surface area contributed by atoms with Crippen LogP contribution < -0.4 is 5.32 Å². The van der Waals surface area contributed by atoms with Crippen molar-refractivity contribution in [3.63, 3.8) is 0 Å². The normalized spacial score (nSPS) is 40.9. The molecule has 192 valence electrons. The number of carboxylic acid groups (broad SMARTS) is 2. The van der Waals surface area contributed by atoms with Crippen LogP contribution in [0.3, 0.4) is 0 Å². The molecule has 0 saturated heterocycles. The van der Waals surface area contributed by atoms with Gasteiger partial charge in [-0.05, 0) is 104 Å². The summed E-state index contributed by atoms with van der Waals surface area (Å²) >= 11 is 0. The van der Waals surface area contributed by atoms with Gasteiger partial charge in [0.2, 0.25) is 5.91 Å². The summed E-state index contributed by atoms with van der Waals surface area (Å²) in [5, 5.41) is 20.5. The first kappa shape index (κ1) is 25.5. The van der Waals surface area contributed by atoms with Crippen molar-refractivity contribution < 1.29 is 24.6 Å². The lowest BCUT2D eigenvalue weighted by Crippen LogP contribution is -2.53. The lowest BCUT2D eigenvalue weighted by Gasteiger charge is -2.61. The van der Waals surface area contributed by atoms with Crippen molar-refractivity contribution in [3.05, 3.63) is 0 Å². The topological polar surface area (TPSA) is 104 Å². The van der Waals surface area contributed by atoms with Gasteiger partial charge in [-0.3, -0.25) is 9.59 Å². The van der Waals surface area contributed by atoms with Gasteiger partial charge in [0, 0.05) is 6.42 Å². The Hall–Kier alpha value is -1.59. The average molecular weight is 476 g/mol. The lowest BCUT2D eigenvalue weighted by atomic mass is 9.44. The molecular formula is C28H45NO5. The van der Waals surface area contributed by atoms with Crippen LogP contribution in [0.15, 0.2) is 0 Å². The van der Waals surface area contributed by atoms with Crippen LogP contribution in [0.25, 0.3) is 0 Å². The number of fused-ring (bicyclic) bond motifs is 5. The fourth-order valence-corrected chi connectivity index (χ4v) is 9.47. The standard InChI is InChI=1S/C28H45NO5/c1-17(7-12-24(30)29-23(26(33)34)16-25(31)32)20-10-11-21-19-9-8-18-6-4-5-14-27(18,2)22(19)13-15-28(20,21)3/h17-23H,4-16H2,1-3H3,(H,29,30)(H,31,32)(H,33,34)/t17-,18+,19+,20-,21+,22+,23?,27+,28-/m1/s1. The molecule has 0 spiro atoms. The van der Waals surface area contributed by atoms with Crippen LogP contribution in [0.1, 0.15) is 104 Å². The Morgan fingerprint density at radius 3 is 2.35 bits per heavy atom. The minimum absolute atomic E-state index is 0.258. The van der Waals surface area contributed by atoms with Crippen molar-refractivity contribution in [2.24, 2.45) is 46.3 Å². The van der Waals surface area contributed by atoms with Crippen molar-refractivity contribution in [1.82, 2.24) is 5.32 Å². The highest BCUT2D eigenvalue weighted by Gasteiger charge is 2.60. The molecule has 4 rings (SSSR count). The number of nitrogens with one attached hydrogen (secondary N) is 1. The first-order valence-corrected chi connectivity index (χ1v) is 13.8. The summed E-state index contributed by atoms with van der Waals surface area (Å²) in [5.41, 5.74) is 0.906. The smallest absolute Gasteiger partial charge is 0.326 e. The zero-order valence-corrected chi connectivity index (χ0v) is 21.4. The third kappa shape index (κ3) is 4.63. The van der Waals surface area contributed by atoms with Crippen molar-refractivity contribution in [1.29, 1.82) is 0 Å². The Morgan fingerprint density at radius 2 is 1.65 bits per heavy atom. The molecule has 1 unspecified atom stereocenters. The van der Waals surface area contributed by atoms with Gasteiger partial charge in [-0.2, -0.15) is 0 Å². The fourth-order valence-electron chi connectivity index (χ4n) is 9.47. The Morgan fingerprint density at radius 1 is 0.912 bits per heavy atom. The molecule has 0 radical (unpaired) electrons. The first-order chi connectivity index (χ1) is 16.1. The highest BCUT2D eigenvalue weighted by Crippen LogP contribution is 2.68. The van der Waals surface area contributed by atoms with E-state index >= 15 is 0 Å². The summed E-state index contributed by atoms with van der Waals surface area (Å²) < 4.78 is 0. The summed E-state index contributed by atoms with van der Waals surface area (Å²) in [6, 6.07) is -1.36. The maximum Gasteiger partial charge on any atom is 0.326 e. The van der Waals surface area contributed by atoms with Crippen LogP contribution in [-0.2, 0) is 14.4 Å². The van der Waals surface area contributed by atoms with E-state index < -0.39 is 24.4 Å². The van der Waals surface area contributed by atoms with Gasteiger partial charge in [0.25, 0.3) is 0 Å². The second-order valence-corrected chi connectivity index (χ2v) is 12.7. The van der Waals surface area contributed by atoms with Gasteiger partial charge in [0.05, 0.1) is 6.42 Å². The summed E-state index contributed by atoms with van der Waals surface area (Å²) in [6.07, 6.45) is 14.2. The van der Waals surface area contributed by atoms with Crippen LogP contribution in [0.5, 0.6) is 0 Å². The minimum atomic E-state index is -1.36. The Balaban J connectivity index is 1.36. The highest BCUT2D eigenvalue weighted by molar-refractivity contribution is 5.86. The highest BCUT2D eigenvalue weighted by atomic mass is 16.4. The SMILES string of the molecule is C[C@H](CCC(=O)NC(CC(=O)O)C(=O)O)[C@H]1CC[C@H]2[C@@H]3CC[C@@H]4CCCC[C@]4(C)[C@H]3CC[C@]12C. The largest absolute Gasteiger partial charge is 0.481 e. The van der Waals surface area contributed by atoms with E-state index in [2.05, 4.69) is 26.1 Å². The number of rotatable bonds is 8. The molecule has 0 aromatic rings. The molecule has 0 aliphatic heterocycles. The second kappa shape index (κ2) is 9.81. The Bertz CT molecular complexity index is 798. The zero-order chi connectivity index (χ0) is 24.7. The van der Waals surface area contributed by atoms with Gasteiger partial charge >= 0.3 is 11.9 Å². The van der Waals surface area contributed by atoms with E-state index in [1.54, 1.807) is 0 Å². The van der Waals surface area contributed by atoms with Crippen molar-refractivity contribution in [2.45, 2.75) is 110 Å². The zero-order valence-electron chi connectivity index (χ0n) is 21.4. The Kier molecular flexibility index (Phi) is 7.36. The van der Waals surface area contributed by atoms with Crippen LogP contribution in [0.4, 0.5) is 0 Å². The summed E-state index contributed by atoms with van der Waals surface area (Å²) in [7, 11) is 0. The van der Waals surface area contributed by atoms with Crippen LogP contribution in [0, 0.1) is 46.3 Å². The molecule has 1 amide bonds. The third-order valence-electron chi connectivity index (χ3n) is 11.2. The maximum absolute atomic E-state index is 12.4. The van der Waals surface area contributed by atoms with E-state index in [0.717, 1.165) is 30.1 Å². The third-order valence-corrected chi connectivity index (χ3v) is 11.2. The van der Waals surface area contributed by atoms with E-state index in [-0.39, 0.29) is 12.3 Å². The molecule has 4 saturated carbocycles. The van der Waals surface area contributed by atoms with Gasteiger partial charge < -0.3 is 15.5 Å². The predicted molar refractivity (Wildman–Crippen MR) is 130 cm³/mol. The maximum atomic E-state index is 12.4. The number of carbonyl (C=O) groups is 3. The average Bonchev–Trinajstić information content (AvgIpc) is 3.13. The fraction of sp³-hybridized carbons (Fsp3) is 0.893. The summed E-state index contributed by atoms with van der Waals surface area (Å²) in [4.78, 5) is 34.6. The lowest BCUT2D eigenvalue weighted by molar-refractivity contribution is -0.147. The number of hydrogen-bond acceptors (Lipinski definition) is 3. The van der Waals surface area contributed by atoms with Crippen LogP contribution >= 0.6 is 0 Å². The molecule has 34 heavy (non-hydrogen) atoms. The van der Waals surface area contributed by atoms with Gasteiger partial charge in [-0.1, -0.05) is 33.6 Å². The minimum Gasteiger partial charge on any atom is -0.481 e. The molecule has 0 bridgehead atoms. The molecule has 0 heterocycles. The van der Waals surface area contributed by atoms with Gasteiger partial charge in [0.15, 0.2) is 0 Å². The van der Waals surface area contributed by atoms with E-state index in [1.165, 1.54) is 64.2 Å². The molecule has 4 fully saturated rings. The molecule has 0 aromatic carbocycles. The molecule has 4 aliphatic carbocycles. The van der Waals surface area contributed by atoms with E-state index in [4.69, 9.17) is 5.11 Å². The number of aliphatic carboxylic acids is 2. The van der Waals surface area contributed by atoms with E-state index in [1.807, 2.05) is 0 Å². The molecule has 6 heteroatoms. The molecule has 4 aliphatic rings.